The van der Waals surface area contributed by atoms with Crippen LogP contribution < -0.4 is 10.2 Å². The van der Waals surface area contributed by atoms with Crippen LogP contribution in [-0.2, 0) is 0 Å². The molecule has 0 saturated carbocycles. The van der Waals surface area contributed by atoms with Crippen molar-refractivity contribution in [2.75, 3.05) is 29.9 Å². The van der Waals surface area contributed by atoms with Gasteiger partial charge in [0.15, 0.2) is 0 Å². The van der Waals surface area contributed by atoms with Gasteiger partial charge in [-0.2, -0.15) is 0 Å². The lowest BCUT2D eigenvalue weighted by atomic mass is 10.3. The van der Waals surface area contributed by atoms with E-state index in [4.69, 9.17) is 0 Å². The molecule has 1 N–H and O–H groups in total. The van der Waals surface area contributed by atoms with Crippen LogP contribution in [0.5, 0.6) is 0 Å². The Balaban J connectivity index is 3.15. The van der Waals surface area contributed by atoms with Crippen molar-refractivity contribution in [2.45, 2.75) is 20.8 Å². The molecule has 0 spiro atoms. The molecule has 0 fully saturated rings. The molecule has 6 heteroatoms. The van der Waals surface area contributed by atoms with Crippen LogP contribution in [0.3, 0.4) is 0 Å². The first-order valence-electron chi connectivity index (χ1n) is 5.77. The highest BCUT2D eigenvalue weighted by atomic mass is 16.6. The summed E-state index contributed by atoms with van der Waals surface area (Å²) in [4.78, 5) is 16.8. The maximum absolute atomic E-state index is 10.8. The lowest BCUT2D eigenvalue weighted by Gasteiger charge is -2.20. The topological polar surface area (TPSA) is 71.3 Å². The van der Waals surface area contributed by atoms with E-state index in [0.717, 1.165) is 13.1 Å². The van der Waals surface area contributed by atoms with Crippen LogP contribution in [0.25, 0.3) is 0 Å². The fourth-order valence-electron chi connectivity index (χ4n) is 1.59. The van der Waals surface area contributed by atoms with E-state index >= 15 is 0 Å². The summed E-state index contributed by atoms with van der Waals surface area (Å²) < 4.78 is 0. The Labute approximate surface area is 101 Å². The highest BCUT2D eigenvalue weighted by molar-refractivity contribution is 5.55. The third kappa shape index (κ3) is 3.30. The maximum Gasteiger partial charge on any atom is 0.276 e. The highest BCUT2D eigenvalue weighted by Gasteiger charge is 2.13. The Morgan fingerprint density at radius 1 is 1.35 bits per heavy atom. The fourth-order valence-corrected chi connectivity index (χ4v) is 1.59. The summed E-state index contributed by atoms with van der Waals surface area (Å²) >= 11 is 0. The molecule has 0 aliphatic carbocycles. The van der Waals surface area contributed by atoms with E-state index in [-0.39, 0.29) is 5.69 Å². The van der Waals surface area contributed by atoms with Gasteiger partial charge in [-0.3, -0.25) is 10.1 Å². The molecule has 0 unspecified atom stereocenters. The zero-order valence-electron chi connectivity index (χ0n) is 10.4. The summed E-state index contributed by atoms with van der Waals surface area (Å²) in [6, 6.07) is 2.96. The Morgan fingerprint density at radius 3 is 2.47 bits per heavy atom. The van der Waals surface area contributed by atoms with Crippen LogP contribution in [0.1, 0.15) is 20.8 Å². The van der Waals surface area contributed by atoms with Gasteiger partial charge in [0.25, 0.3) is 5.69 Å². The fraction of sp³-hybridized carbons (Fsp3) is 0.545. The minimum Gasteiger partial charge on any atom is -0.370 e. The number of anilines is 2. The van der Waals surface area contributed by atoms with Crippen LogP contribution >= 0.6 is 0 Å². The molecule has 17 heavy (non-hydrogen) atoms. The predicted octanol–water partition coefficient (Wildman–Crippen LogP) is 2.27. The molecule has 0 aromatic carbocycles. The highest BCUT2D eigenvalue weighted by Crippen LogP contribution is 2.23. The number of nitrogens with zero attached hydrogens (tertiary/aromatic N) is 3. The second kappa shape index (κ2) is 6.03. The molecule has 0 bridgehead atoms. The van der Waals surface area contributed by atoms with Gasteiger partial charge in [0.1, 0.15) is 11.6 Å². The molecule has 0 atom stereocenters. The van der Waals surface area contributed by atoms with Crippen LogP contribution in [0.15, 0.2) is 12.1 Å². The van der Waals surface area contributed by atoms with Crippen molar-refractivity contribution >= 4 is 17.3 Å². The van der Waals surface area contributed by atoms with E-state index in [2.05, 4.69) is 10.3 Å². The van der Waals surface area contributed by atoms with Gasteiger partial charge in [0.2, 0.25) is 0 Å². The minimum absolute atomic E-state index is 0.0675. The van der Waals surface area contributed by atoms with Crippen molar-refractivity contribution < 1.29 is 4.92 Å². The smallest absolute Gasteiger partial charge is 0.276 e. The van der Waals surface area contributed by atoms with E-state index in [0.29, 0.717) is 18.2 Å². The number of hydrogen-bond donors (Lipinski definition) is 1. The Kier molecular flexibility index (Phi) is 4.68. The third-order valence-corrected chi connectivity index (χ3v) is 2.45. The van der Waals surface area contributed by atoms with Gasteiger partial charge in [-0.15, -0.1) is 0 Å². The summed E-state index contributed by atoms with van der Waals surface area (Å²) in [7, 11) is 0. The summed E-state index contributed by atoms with van der Waals surface area (Å²) in [6.07, 6.45) is 0. The molecule has 1 heterocycles. The molecule has 1 aromatic rings. The average molecular weight is 238 g/mol. The predicted molar refractivity (Wildman–Crippen MR) is 68.6 cm³/mol. The van der Waals surface area contributed by atoms with E-state index < -0.39 is 4.92 Å². The largest absolute Gasteiger partial charge is 0.370 e. The second-order valence-corrected chi connectivity index (χ2v) is 3.53. The molecule has 6 nitrogen and oxygen atoms in total. The van der Waals surface area contributed by atoms with Gasteiger partial charge in [-0.25, -0.2) is 4.98 Å². The quantitative estimate of drug-likeness (QED) is 0.608. The number of pyridine rings is 1. The summed E-state index contributed by atoms with van der Waals surface area (Å²) in [5, 5.41) is 13.8. The molecule has 0 aliphatic heterocycles. The van der Waals surface area contributed by atoms with Gasteiger partial charge in [0, 0.05) is 19.6 Å². The van der Waals surface area contributed by atoms with Crippen LogP contribution in [-0.4, -0.2) is 29.5 Å². The summed E-state index contributed by atoms with van der Waals surface area (Å²) in [5.74, 6) is 1.18. The SMILES string of the molecule is CCNc1cc([N+](=O)[O-])cc(N(CC)CC)n1. The normalized spacial score (nSPS) is 10.1. The van der Waals surface area contributed by atoms with Crippen LogP contribution in [0.4, 0.5) is 17.3 Å². The minimum atomic E-state index is -0.393. The monoisotopic (exact) mass is 238 g/mol. The van der Waals surface area contributed by atoms with Gasteiger partial charge in [-0.05, 0) is 20.8 Å². The molecule has 0 aliphatic rings. The summed E-state index contributed by atoms with van der Waals surface area (Å²) in [5.41, 5.74) is 0.0675. The first-order valence-corrected chi connectivity index (χ1v) is 5.77. The van der Waals surface area contributed by atoms with E-state index in [9.17, 15) is 10.1 Å². The van der Waals surface area contributed by atoms with Crippen molar-refractivity contribution in [3.8, 4) is 0 Å². The number of nitro groups is 1. The van der Waals surface area contributed by atoms with Crippen LogP contribution in [0, 0.1) is 10.1 Å². The maximum atomic E-state index is 10.8. The third-order valence-electron chi connectivity index (χ3n) is 2.45. The zero-order valence-corrected chi connectivity index (χ0v) is 10.4. The van der Waals surface area contributed by atoms with Crippen molar-refractivity contribution in [3.05, 3.63) is 22.2 Å². The second-order valence-electron chi connectivity index (χ2n) is 3.53. The van der Waals surface area contributed by atoms with E-state index in [1.807, 2.05) is 25.7 Å². The number of rotatable bonds is 6. The lowest BCUT2D eigenvalue weighted by molar-refractivity contribution is -0.384. The van der Waals surface area contributed by atoms with Gasteiger partial charge in [0.05, 0.1) is 17.1 Å². The van der Waals surface area contributed by atoms with Crippen molar-refractivity contribution in [2.24, 2.45) is 0 Å². The van der Waals surface area contributed by atoms with Crippen molar-refractivity contribution in [3.63, 3.8) is 0 Å². The molecular formula is C11H18N4O2. The molecule has 94 valence electrons. The molecular weight excluding hydrogens is 220 g/mol. The van der Waals surface area contributed by atoms with Crippen LogP contribution in [0.2, 0.25) is 0 Å². The van der Waals surface area contributed by atoms with E-state index in [1.165, 1.54) is 12.1 Å². The average Bonchev–Trinajstić information content (AvgIpc) is 2.31. The lowest BCUT2D eigenvalue weighted by Crippen LogP contribution is -2.23. The van der Waals surface area contributed by atoms with Gasteiger partial charge < -0.3 is 10.2 Å². The standard InChI is InChI=1S/C11H18N4O2/c1-4-12-10-7-9(15(16)17)8-11(13-10)14(5-2)6-3/h7-8H,4-6H2,1-3H3,(H,12,13). The first-order chi connectivity index (χ1) is 8.12. The summed E-state index contributed by atoms with van der Waals surface area (Å²) in [6.45, 7) is 8.16. The molecule has 1 aromatic heterocycles. The van der Waals surface area contributed by atoms with Gasteiger partial charge in [-0.1, -0.05) is 0 Å². The Hall–Kier alpha value is -1.85. The number of nitrogens with one attached hydrogen (secondary N) is 1. The molecule has 1 rings (SSSR count). The Bertz CT molecular complexity index is 391. The zero-order chi connectivity index (χ0) is 12.8. The molecule has 0 saturated heterocycles. The molecule has 0 radical (unpaired) electrons. The van der Waals surface area contributed by atoms with E-state index in [1.54, 1.807) is 0 Å². The number of aromatic nitrogens is 1. The van der Waals surface area contributed by atoms with Crippen molar-refractivity contribution in [1.29, 1.82) is 0 Å². The first kappa shape index (κ1) is 13.2. The Morgan fingerprint density at radius 2 is 2.00 bits per heavy atom. The van der Waals surface area contributed by atoms with Gasteiger partial charge >= 0.3 is 0 Å². The number of hydrogen-bond acceptors (Lipinski definition) is 5. The molecule has 0 amide bonds. The van der Waals surface area contributed by atoms with Crippen molar-refractivity contribution in [1.82, 2.24) is 4.98 Å².